The van der Waals surface area contributed by atoms with Crippen LogP contribution in [0.4, 0.5) is 4.39 Å². The molecular weight excluding hydrogens is 195 g/mol. The van der Waals surface area contributed by atoms with Crippen molar-refractivity contribution >= 4 is 5.78 Å². The molecule has 0 aliphatic heterocycles. The third kappa shape index (κ3) is 2.57. The van der Waals surface area contributed by atoms with Crippen molar-refractivity contribution in [3.05, 3.63) is 29.6 Å². The highest BCUT2D eigenvalue weighted by molar-refractivity contribution is 6.00. The molecule has 2 nitrogen and oxygen atoms in total. The van der Waals surface area contributed by atoms with Gasteiger partial charge in [0.15, 0.2) is 5.78 Å². The van der Waals surface area contributed by atoms with Crippen LogP contribution in [0.5, 0.6) is 5.75 Å². The summed E-state index contributed by atoms with van der Waals surface area (Å²) in [7, 11) is 1.40. The first-order valence-electron chi connectivity index (χ1n) is 4.46. The number of rotatable bonds is 3. The molecule has 0 heterocycles. The van der Waals surface area contributed by atoms with E-state index < -0.39 is 5.82 Å². The first-order chi connectivity index (χ1) is 7.20. The number of hydrogen-bond acceptors (Lipinski definition) is 2. The van der Waals surface area contributed by atoms with Gasteiger partial charge in [0.05, 0.1) is 19.1 Å². The van der Waals surface area contributed by atoms with Crippen molar-refractivity contribution in [2.45, 2.75) is 13.3 Å². The van der Waals surface area contributed by atoms with Gasteiger partial charge in [0.25, 0.3) is 0 Å². The van der Waals surface area contributed by atoms with Gasteiger partial charge >= 0.3 is 0 Å². The number of halogens is 1. The van der Waals surface area contributed by atoms with Crippen LogP contribution in [-0.2, 0) is 0 Å². The van der Waals surface area contributed by atoms with Crippen LogP contribution in [0, 0.1) is 17.7 Å². The molecule has 78 valence electrons. The smallest absolute Gasteiger partial charge is 0.181 e. The zero-order chi connectivity index (χ0) is 11.3. The summed E-state index contributed by atoms with van der Waals surface area (Å²) >= 11 is 0. The SMILES string of the molecule is CC#CCC(=O)c1c(F)cccc1OC. The summed E-state index contributed by atoms with van der Waals surface area (Å²) in [6.07, 6.45) is 0.00773. The van der Waals surface area contributed by atoms with E-state index in [1.54, 1.807) is 13.0 Å². The number of carbonyl (C=O) groups is 1. The Labute approximate surface area is 88.1 Å². The minimum absolute atomic E-state index is 0.00773. The van der Waals surface area contributed by atoms with Crippen LogP contribution in [-0.4, -0.2) is 12.9 Å². The number of ketones is 1. The molecule has 0 atom stereocenters. The van der Waals surface area contributed by atoms with Crippen LogP contribution >= 0.6 is 0 Å². The van der Waals surface area contributed by atoms with Crippen LogP contribution in [0.25, 0.3) is 0 Å². The molecule has 0 fully saturated rings. The topological polar surface area (TPSA) is 26.3 Å². The van der Waals surface area contributed by atoms with Gasteiger partial charge in [-0.3, -0.25) is 4.79 Å². The fourth-order valence-electron chi connectivity index (χ4n) is 1.20. The second kappa shape index (κ2) is 5.16. The molecule has 0 aliphatic carbocycles. The van der Waals surface area contributed by atoms with Gasteiger partial charge < -0.3 is 4.74 Å². The summed E-state index contributed by atoms with van der Waals surface area (Å²) in [4.78, 5) is 11.6. The standard InChI is InChI=1S/C12H11FO2/c1-3-4-7-10(14)12-9(13)6-5-8-11(12)15-2/h5-6,8H,7H2,1-2H3. The van der Waals surface area contributed by atoms with Crippen molar-refractivity contribution in [2.75, 3.05) is 7.11 Å². The van der Waals surface area contributed by atoms with Crippen molar-refractivity contribution in [3.8, 4) is 17.6 Å². The van der Waals surface area contributed by atoms with E-state index in [-0.39, 0.29) is 23.5 Å². The third-order valence-electron chi connectivity index (χ3n) is 1.90. The van der Waals surface area contributed by atoms with Gasteiger partial charge in [-0.1, -0.05) is 12.0 Å². The molecule has 0 aromatic heterocycles. The Bertz CT molecular complexity index is 427. The first-order valence-corrected chi connectivity index (χ1v) is 4.46. The zero-order valence-electron chi connectivity index (χ0n) is 8.63. The Morgan fingerprint density at radius 1 is 1.53 bits per heavy atom. The largest absolute Gasteiger partial charge is 0.496 e. The minimum Gasteiger partial charge on any atom is -0.496 e. The van der Waals surface area contributed by atoms with Crippen molar-refractivity contribution in [1.82, 2.24) is 0 Å². The maximum atomic E-state index is 13.4. The van der Waals surface area contributed by atoms with Crippen molar-refractivity contribution < 1.29 is 13.9 Å². The minimum atomic E-state index is -0.572. The van der Waals surface area contributed by atoms with E-state index in [1.807, 2.05) is 0 Å². The number of carbonyl (C=O) groups excluding carboxylic acids is 1. The molecule has 0 radical (unpaired) electrons. The van der Waals surface area contributed by atoms with E-state index in [9.17, 15) is 9.18 Å². The summed E-state index contributed by atoms with van der Waals surface area (Å²) in [5.74, 6) is 4.51. The number of ether oxygens (including phenoxy) is 1. The van der Waals surface area contributed by atoms with Gasteiger partial charge in [-0.2, -0.15) is 0 Å². The predicted octanol–water partition coefficient (Wildman–Crippen LogP) is 2.43. The quantitative estimate of drug-likeness (QED) is 0.560. The van der Waals surface area contributed by atoms with Crippen molar-refractivity contribution in [1.29, 1.82) is 0 Å². The zero-order valence-corrected chi connectivity index (χ0v) is 8.63. The van der Waals surface area contributed by atoms with Gasteiger partial charge in [-0.25, -0.2) is 4.39 Å². The number of methoxy groups -OCH3 is 1. The fourth-order valence-corrected chi connectivity index (χ4v) is 1.20. The second-order valence-corrected chi connectivity index (χ2v) is 2.84. The van der Waals surface area contributed by atoms with Gasteiger partial charge in [0.1, 0.15) is 11.6 Å². The fraction of sp³-hybridized carbons (Fsp3) is 0.250. The lowest BCUT2D eigenvalue weighted by Crippen LogP contribution is -2.04. The van der Waals surface area contributed by atoms with Crippen LogP contribution in [0.15, 0.2) is 18.2 Å². The Kier molecular flexibility index (Phi) is 3.87. The van der Waals surface area contributed by atoms with E-state index in [0.717, 1.165) is 0 Å². The van der Waals surface area contributed by atoms with E-state index in [0.29, 0.717) is 0 Å². The van der Waals surface area contributed by atoms with Gasteiger partial charge in [0.2, 0.25) is 0 Å². The van der Waals surface area contributed by atoms with Crippen LogP contribution < -0.4 is 4.74 Å². The average molecular weight is 206 g/mol. The summed E-state index contributed by atoms with van der Waals surface area (Å²) < 4.78 is 18.3. The Morgan fingerprint density at radius 2 is 2.27 bits per heavy atom. The summed E-state index contributed by atoms with van der Waals surface area (Å²) in [6.45, 7) is 1.63. The number of hydrogen-bond donors (Lipinski definition) is 0. The van der Waals surface area contributed by atoms with Gasteiger partial charge in [0, 0.05) is 0 Å². The van der Waals surface area contributed by atoms with Crippen LogP contribution in [0.3, 0.4) is 0 Å². The molecule has 0 spiro atoms. The molecule has 0 aliphatic rings. The molecule has 0 unspecified atom stereocenters. The molecule has 1 aromatic rings. The third-order valence-corrected chi connectivity index (χ3v) is 1.90. The average Bonchev–Trinajstić information content (AvgIpc) is 2.25. The summed E-state index contributed by atoms with van der Waals surface area (Å²) in [5.41, 5.74) is -0.0252. The predicted molar refractivity (Wildman–Crippen MR) is 55.3 cm³/mol. The van der Waals surface area contributed by atoms with Crippen molar-refractivity contribution in [3.63, 3.8) is 0 Å². The molecule has 0 saturated carbocycles. The van der Waals surface area contributed by atoms with Gasteiger partial charge in [-0.15, -0.1) is 5.92 Å². The van der Waals surface area contributed by atoms with Crippen LogP contribution in [0.2, 0.25) is 0 Å². The summed E-state index contributed by atoms with van der Waals surface area (Å²) in [6, 6.07) is 4.28. The highest BCUT2D eigenvalue weighted by Crippen LogP contribution is 2.22. The number of benzene rings is 1. The first kappa shape index (κ1) is 11.3. The second-order valence-electron chi connectivity index (χ2n) is 2.84. The highest BCUT2D eigenvalue weighted by atomic mass is 19.1. The molecule has 0 saturated heterocycles. The molecule has 0 bridgehead atoms. The van der Waals surface area contributed by atoms with Gasteiger partial charge in [-0.05, 0) is 19.1 Å². The van der Waals surface area contributed by atoms with E-state index in [1.165, 1.54) is 19.2 Å². The molecule has 3 heteroatoms. The Balaban J connectivity index is 3.09. The molecule has 15 heavy (non-hydrogen) atoms. The normalized spacial score (nSPS) is 9.00. The summed E-state index contributed by atoms with van der Waals surface area (Å²) in [5, 5.41) is 0. The maximum absolute atomic E-state index is 13.4. The van der Waals surface area contributed by atoms with E-state index in [4.69, 9.17) is 4.74 Å². The molecular formula is C12H11FO2. The van der Waals surface area contributed by atoms with Crippen LogP contribution in [0.1, 0.15) is 23.7 Å². The molecule has 0 N–H and O–H groups in total. The maximum Gasteiger partial charge on any atom is 0.181 e. The van der Waals surface area contributed by atoms with E-state index >= 15 is 0 Å². The number of Topliss-reactive ketones (excluding diaryl/α,β-unsaturated/α-hetero) is 1. The Morgan fingerprint density at radius 3 is 2.87 bits per heavy atom. The monoisotopic (exact) mass is 206 g/mol. The van der Waals surface area contributed by atoms with Crippen molar-refractivity contribution in [2.24, 2.45) is 0 Å². The molecule has 0 amide bonds. The lowest BCUT2D eigenvalue weighted by molar-refractivity contribution is 0.0991. The molecule has 1 aromatic carbocycles. The lowest BCUT2D eigenvalue weighted by Gasteiger charge is -2.06. The Hall–Kier alpha value is -1.82. The lowest BCUT2D eigenvalue weighted by atomic mass is 10.1. The highest BCUT2D eigenvalue weighted by Gasteiger charge is 2.15. The molecule has 1 rings (SSSR count). The van der Waals surface area contributed by atoms with E-state index in [2.05, 4.69) is 11.8 Å².